The van der Waals surface area contributed by atoms with E-state index in [0.29, 0.717) is 17.8 Å². The van der Waals surface area contributed by atoms with Crippen LogP contribution < -0.4 is 5.32 Å². The second-order valence-corrected chi connectivity index (χ2v) is 6.00. The Morgan fingerprint density at radius 3 is 2.04 bits per heavy atom. The predicted molar refractivity (Wildman–Crippen MR) is 93.9 cm³/mol. The highest BCUT2D eigenvalue weighted by atomic mass is 19.1. The molecule has 0 bridgehead atoms. The van der Waals surface area contributed by atoms with Crippen LogP contribution in [0.25, 0.3) is 5.57 Å². The summed E-state index contributed by atoms with van der Waals surface area (Å²) in [6.07, 6.45) is 1.96. The van der Waals surface area contributed by atoms with Crippen LogP contribution in [0.2, 0.25) is 0 Å². The number of allylic oxidation sites excluding steroid dienone is 2. The number of amides is 1. The predicted octanol–water partition coefficient (Wildman–Crippen LogP) is 5.95. The van der Waals surface area contributed by atoms with E-state index < -0.39 is 28.9 Å². The van der Waals surface area contributed by atoms with Crippen molar-refractivity contribution in [3.63, 3.8) is 0 Å². The Morgan fingerprint density at radius 2 is 1.56 bits per heavy atom. The molecule has 0 aliphatic carbocycles. The summed E-state index contributed by atoms with van der Waals surface area (Å²) in [5, 5.41) is 2.43. The van der Waals surface area contributed by atoms with Gasteiger partial charge in [0.05, 0.1) is 0 Å². The zero-order valence-corrected chi connectivity index (χ0v) is 14.4. The zero-order chi connectivity index (χ0) is 18.6. The molecule has 0 spiro atoms. The van der Waals surface area contributed by atoms with Gasteiger partial charge < -0.3 is 5.32 Å². The highest BCUT2D eigenvalue weighted by molar-refractivity contribution is 6.04. The van der Waals surface area contributed by atoms with Gasteiger partial charge >= 0.3 is 0 Å². The fourth-order valence-electron chi connectivity index (χ4n) is 2.64. The maximum Gasteiger partial charge on any atom is 0.261 e. The number of hydrogen-bond donors (Lipinski definition) is 1. The number of rotatable bonds is 5. The van der Waals surface area contributed by atoms with Gasteiger partial charge in [-0.25, -0.2) is 13.2 Å². The van der Waals surface area contributed by atoms with E-state index in [1.165, 1.54) is 11.1 Å². The SMILES string of the molecule is CCCC(=C(C)C)c1ccc(NC(=O)c2c(F)cc(F)cc2F)cc1. The van der Waals surface area contributed by atoms with Crippen LogP contribution in [0.1, 0.15) is 49.5 Å². The molecule has 0 aromatic heterocycles. The maximum atomic E-state index is 13.7. The summed E-state index contributed by atoms with van der Waals surface area (Å²) in [5.74, 6) is -4.50. The van der Waals surface area contributed by atoms with E-state index in [1.54, 1.807) is 12.1 Å². The summed E-state index contributed by atoms with van der Waals surface area (Å²) in [6.45, 7) is 6.19. The number of nitrogens with one attached hydrogen (secondary N) is 1. The quantitative estimate of drug-likeness (QED) is 0.711. The summed E-state index contributed by atoms with van der Waals surface area (Å²) >= 11 is 0. The van der Waals surface area contributed by atoms with Crippen molar-refractivity contribution in [2.24, 2.45) is 0 Å². The lowest BCUT2D eigenvalue weighted by molar-refractivity contribution is 0.101. The molecule has 1 N–H and O–H groups in total. The molecule has 132 valence electrons. The minimum atomic E-state index is -1.23. The van der Waals surface area contributed by atoms with E-state index in [2.05, 4.69) is 12.2 Å². The largest absolute Gasteiger partial charge is 0.322 e. The molecule has 0 saturated carbocycles. The van der Waals surface area contributed by atoms with Crippen molar-refractivity contribution in [3.8, 4) is 0 Å². The molecule has 0 unspecified atom stereocenters. The molecule has 0 aliphatic rings. The number of carbonyl (C=O) groups is 1. The molecule has 0 aliphatic heterocycles. The molecule has 2 nitrogen and oxygen atoms in total. The van der Waals surface area contributed by atoms with E-state index in [1.807, 2.05) is 26.0 Å². The minimum absolute atomic E-state index is 0.404. The molecule has 0 radical (unpaired) electrons. The van der Waals surface area contributed by atoms with Crippen LogP contribution in [0.15, 0.2) is 42.0 Å². The molecule has 1 amide bonds. The Hall–Kier alpha value is -2.56. The Bertz CT molecular complexity index is 783. The third-order valence-corrected chi connectivity index (χ3v) is 3.83. The van der Waals surface area contributed by atoms with E-state index in [4.69, 9.17) is 0 Å². The van der Waals surface area contributed by atoms with E-state index in [0.717, 1.165) is 18.4 Å². The molecule has 2 aromatic carbocycles. The minimum Gasteiger partial charge on any atom is -0.322 e. The van der Waals surface area contributed by atoms with E-state index >= 15 is 0 Å². The molecule has 0 saturated heterocycles. The fraction of sp³-hybridized carbons (Fsp3) is 0.250. The first-order valence-corrected chi connectivity index (χ1v) is 8.06. The van der Waals surface area contributed by atoms with Crippen LogP contribution in [0.5, 0.6) is 0 Å². The monoisotopic (exact) mass is 347 g/mol. The lowest BCUT2D eigenvalue weighted by Gasteiger charge is -2.11. The third-order valence-electron chi connectivity index (χ3n) is 3.83. The van der Waals surface area contributed by atoms with Crippen LogP contribution in [0.4, 0.5) is 18.9 Å². The van der Waals surface area contributed by atoms with Gasteiger partial charge in [0.2, 0.25) is 0 Å². The molecule has 0 fully saturated rings. The Kier molecular flexibility index (Phi) is 6.02. The lowest BCUT2D eigenvalue weighted by atomic mass is 9.97. The highest BCUT2D eigenvalue weighted by Gasteiger charge is 2.19. The van der Waals surface area contributed by atoms with Crippen molar-refractivity contribution >= 4 is 17.2 Å². The molecule has 0 heterocycles. The van der Waals surface area contributed by atoms with Crippen molar-refractivity contribution in [1.82, 2.24) is 0 Å². The van der Waals surface area contributed by atoms with Crippen molar-refractivity contribution in [1.29, 1.82) is 0 Å². The van der Waals surface area contributed by atoms with Gasteiger partial charge in [-0.3, -0.25) is 4.79 Å². The van der Waals surface area contributed by atoms with E-state index in [9.17, 15) is 18.0 Å². The average Bonchev–Trinajstić information content (AvgIpc) is 2.52. The van der Waals surface area contributed by atoms with Crippen LogP contribution in [-0.2, 0) is 0 Å². The molecular weight excluding hydrogens is 327 g/mol. The Morgan fingerprint density at radius 1 is 1.00 bits per heavy atom. The molecule has 2 rings (SSSR count). The molecular formula is C20H20F3NO. The number of benzene rings is 2. The first-order valence-electron chi connectivity index (χ1n) is 8.06. The average molecular weight is 347 g/mol. The fourth-order valence-corrected chi connectivity index (χ4v) is 2.64. The van der Waals surface area contributed by atoms with Gasteiger partial charge in [-0.15, -0.1) is 0 Å². The van der Waals surface area contributed by atoms with Gasteiger partial charge in [0.15, 0.2) is 0 Å². The topological polar surface area (TPSA) is 29.1 Å². The standard InChI is InChI=1S/C20H20F3NO/c1-4-5-16(12(2)3)13-6-8-15(9-7-13)24-20(25)19-17(22)10-14(21)11-18(19)23/h6-11H,4-5H2,1-3H3,(H,24,25). The summed E-state index contributed by atoms with van der Waals surface area (Å²) in [4.78, 5) is 12.1. The van der Waals surface area contributed by atoms with Crippen LogP contribution in [-0.4, -0.2) is 5.91 Å². The molecule has 5 heteroatoms. The van der Waals surface area contributed by atoms with Crippen LogP contribution >= 0.6 is 0 Å². The number of anilines is 1. The first kappa shape index (κ1) is 18.8. The molecule has 2 aromatic rings. The van der Waals surface area contributed by atoms with Gasteiger partial charge in [0.1, 0.15) is 23.0 Å². The molecule has 25 heavy (non-hydrogen) atoms. The lowest BCUT2D eigenvalue weighted by Crippen LogP contribution is -2.16. The Labute approximate surface area is 145 Å². The zero-order valence-electron chi connectivity index (χ0n) is 14.4. The van der Waals surface area contributed by atoms with Gasteiger partial charge in [-0.05, 0) is 43.5 Å². The van der Waals surface area contributed by atoms with Gasteiger partial charge in [0, 0.05) is 17.8 Å². The highest BCUT2D eigenvalue weighted by Crippen LogP contribution is 2.25. The first-order chi connectivity index (χ1) is 11.8. The summed E-state index contributed by atoms with van der Waals surface area (Å²) in [6, 6.07) is 8.01. The Balaban J connectivity index is 2.22. The third kappa shape index (κ3) is 4.50. The van der Waals surface area contributed by atoms with Crippen molar-refractivity contribution in [3.05, 3.63) is 70.5 Å². The van der Waals surface area contributed by atoms with Crippen LogP contribution in [0.3, 0.4) is 0 Å². The van der Waals surface area contributed by atoms with Crippen LogP contribution in [0, 0.1) is 17.5 Å². The number of hydrogen-bond acceptors (Lipinski definition) is 1. The maximum absolute atomic E-state index is 13.7. The second kappa shape index (κ2) is 8.01. The van der Waals surface area contributed by atoms with Crippen molar-refractivity contribution in [2.75, 3.05) is 5.32 Å². The second-order valence-electron chi connectivity index (χ2n) is 6.00. The number of halogens is 3. The molecule has 0 atom stereocenters. The van der Waals surface area contributed by atoms with Gasteiger partial charge in [-0.2, -0.15) is 0 Å². The normalized spacial score (nSPS) is 10.5. The van der Waals surface area contributed by atoms with Gasteiger partial charge in [-0.1, -0.05) is 31.1 Å². The van der Waals surface area contributed by atoms with E-state index in [-0.39, 0.29) is 0 Å². The number of carbonyl (C=O) groups excluding carboxylic acids is 1. The summed E-state index contributed by atoms with van der Waals surface area (Å²) in [7, 11) is 0. The summed E-state index contributed by atoms with van der Waals surface area (Å²) in [5.41, 5.74) is 3.09. The van der Waals surface area contributed by atoms with Crippen molar-refractivity contribution in [2.45, 2.75) is 33.6 Å². The smallest absolute Gasteiger partial charge is 0.261 e. The summed E-state index contributed by atoms with van der Waals surface area (Å²) < 4.78 is 40.3. The van der Waals surface area contributed by atoms with Gasteiger partial charge in [0.25, 0.3) is 5.91 Å². The van der Waals surface area contributed by atoms with Crippen molar-refractivity contribution < 1.29 is 18.0 Å².